The number of aliphatic hydroxyl groups excluding tert-OH is 1. The number of unbranched alkanes of at least 4 members (excludes halogenated alkanes) is 1. The summed E-state index contributed by atoms with van der Waals surface area (Å²) < 4.78 is 31.2. The van der Waals surface area contributed by atoms with Gasteiger partial charge in [-0.3, -0.25) is 28.8 Å². The molecular weight excluding hydrogens is 793 g/mol. The maximum Gasteiger partial charge on any atom is 0.320 e. The molecule has 0 aliphatic carbocycles. The van der Waals surface area contributed by atoms with Crippen molar-refractivity contribution < 1.29 is 47.8 Å². The highest BCUT2D eigenvalue weighted by atomic mass is 19.1. The summed E-state index contributed by atoms with van der Waals surface area (Å²) in [6.07, 6.45) is 3.98. The highest BCUT2D eigenvalue weighted by Crippen LogP contribution is 2.41. The van der Waals surface area contributed by atoms with Crippen molar-refractivity contribution in [2.75, 3.05) is 32.8 Å². The molecule has 0 saturated heterocycles. The summed E-state index contributed by atoms with van der Waals surface area (Å²) in [5.41, 5.74) is 13.0. The zero-order valence-electron chi connectivity index (χ0n) is 35.3. The fourth-order valence-corrected chi connectivity index (χ4v) is 6.85. The van der Waals surface area contributed by atoms with Crippen LogP contribution in [-0.4, -0.2) is 99.9 Å². The largest absolute Gasteiger partial charge is 0.480 e. The van der Waals surface area contributed by atoms with E-state index in [-0.39, 0.29) is 81.3 Å². The first kappa shape index (κ1) is 49.8. The molecule has 334 valence electrons. The predicted octanol–water partition coefficient (Wildman–Crippen LogP) is 3.56. The second-order valence-corrected chi connectivity index (χ2v) is 16.2. The Hall–Kier alpha value is -5.52. The van der Waals surface area contributed by atoms with E-state index in [9.17, 15) is 38.3 Å². The van der Waals surface area contributed by atoms with Crippen molar-refractivity contribution in [3.05, 3.63) is 83.7 Å². The Morgan fingerprint density at radius 1 is 0.803 bits per heavy atom. The molecule has 0 bridgehead atoms. The van der Waals surface area contributed by atoms with Gasteiger partial charge < -0.3 is 47.1 Å². The topological polar surface area (TPSA) is 239 Å². The van der Waals surface area contributed by atoms with Gasteiger partial charge in [-0.15, -0.1) is 0 Å². The monoisotopic (exact) mass is 853 g/mol. The molecule has 0 radical (unpaired) electrons. The zero-order chi connectivity index (χ0) is 45.1. The molecule has 61 heavy (non-hydrogen) atoms. The van der Waals surface area contributed by atoms with Crippen LogP contribution < -0.4 is 27.4 Å². The molecule has 3 rings (SSSR count). The van der Waals surface area contributed by atoms with E-state index >= 15 is 4.39 Å². The van der Waals surface area contributed by atoms with Gasteiger partial charge in [0.2, 0.25) is 23.6 Å². The Bertz CT molecular complexity index is 1940. The summed E-state index contributed by atoms with van der Waals surface area (Å²) in [6.45, 7) is 5.54. The smallest absolute Gasteiger partial charge is 0.320 e. The van der Waals surface area contributed by atoms with Gasteiger partial charge in [-0.2, -0.15) is 0 Å². The van der Waals surface area contributed by atoms with Crippen LogP contribution in [0.4, 0.5) is 8.78 Å². The molecule has 0 aliphatic rings. The Kier molecular flexibility index (Phi) is 20.2. The lowest BCUT2D eigenvalue weighted by Gasteiger charge is -2.41. The number of amides is 4. The summed E-state index contributed by atoms with van der Waals surface area (Å²) in [5.74, 6) is -4.28. The van der Waals surface area contributed by atoms with Crippen molar-refractivity contribution in [2.45, 2.75) is 103 Å². The van der Waals surface area contributed by atoms with E-state index in [0.717, 1.165) is 23.8 Å². The summed E-state index contributed by atoms with van der Waals surface area (Å²) in [6, 6.07) is 11.7. The number of nitrogens with two attached hydrogens (primary N) is 2. The van der Waals surface area contributed by atoms with Crippen LogP contribution in [-0.2, 0) is 35.3 Å². The number of rotatable bonds is 26. The first-order valence-electron chi connectivity index (χ1n) is 20.6. The van der Waals surface area contributed by atoms with Gasteiger partial charge in [0.25, 0.3) is 0 Å². The molecule has 3 atom stereocenters. The number of ketones is 1. The number of nitrogens with one attached hydrogen (secondary N) is 3. The molecule has 1 aromatic heterocycles. The van der Waals surface area contributed by atoms with Crippen molar-refractivity contribution in [1.29, 1.82) is 0 Å². The number of aliphatic carboxylic acids is 1. The van der Waals surface area contributed by atoms with Gasteiger partial charge in [0.15, 0.2) is 5.78 Å². The van der Waals surface area contributed by atoms with Gasteiger partial charge in [-0.1, -0.05) is 51.1 Å². The third kappa shape index (κ3) is 16.8. The van der Waals surface area contributed by atoms with Crippen LogP contribution in [0.5, 0.6) is 0 Å². The highest BCUT2D eigenvalue weighted by molar-refractivity contribution is 5.86. The van der Waals surface area contributed by atoms with E-state index in [4.69, 9.17) is 16.6 Å². The lowest BCUT2D eigenvalue weighted by Crippen LogP contribution is -2.47. The van der Waals surface area contributed by atoms with E-state index in [2.05, 4.69) is 16.0 Å². The number of carboxylic acid groups (broad SMARTS) is 1. The van der Waals surface area contributed by atoms with E-state index in [0.29, 0.717) is 43.6 Å². The van der Waals surface area contributed by atoms with Crippen LogP contribution in [0.15, 0.2) is 60.8 Å². The van der Waals surface area contributed by atoms with Crippen LogP contribution in [0.25, 0.3) is 11.1 Å². The number of Topliss-reactive ketones (excluding diaryl/α,β-unsaturated/α-hetero) is 1. The van der Waals surface area contributed by atoms with E-state index in [1.54, 1.807) is 12.3 Å². The molecule has 17 heteroatoms. The van der Waals surface area contributed by atoms with Gasteiger partial charge in [-0.25, -0.2) is 8.78 Å². The number of hydrogen-bond donors (Lipinski definition) is 7. The third-order valence-corrected chi connectivity index (χ3v) is 10.1. The molecule has 0 spiro atoms. The van der Waals surface area contributed by atoms with Gasteiger partial charge >= 0.3 is 5.97 Å². The minimum absolute atomic E-state index is 0.0192. The molecular formula is C44H61F2N7O8. The zero-order valence-corrected chi connectivity index (χ0v) is 35.3. The number of nitrogens with zero attached hydrogens (tertiary/aromatic N) is 2. The minimum atomic E-state index is -1.07. The first-order chi connectivity index (χ1) is 28.9. The molecule has 15 nitrogen and oxygen atoms in total. The molecule has 0 fully saturated rings. The van der Waals surface area contributed by atoms with Crippen molar-refractivity contribution in [1.82, 2.24) is 25.4 Å². The van der Waals surface area contributed by atoms with Gasteiger partial charge in [0.05, 0.1) is 18.6 Å². The van der Waals surface area contributed by atoms with Crippen molar-refractivity contribution in [3.8, 4) is 11.1 Å². The SMILES string of the molecule is CC(C)(C)[C@H](c1cc(-c2cc(F)ccc2F)cn1Cc1ccccc1)N(CC[C@H](N)C(=O)NCCCC(=O)CNC(=O)CCCC(=O)NCCCC[C@H](N)C(=O)O)C(=O)CO. The number of hydrogen-bond acceptors (Lipinski definition) is 9. The van der Waals surface area contributed by atoms with Gasteiger partial charge in [0, 0.05) is 68.5 Å². The van der Waals surface area contributed by atoms with E-state index in [1.165, 1.54) is 4.90 Å². The van der Waals surface area contributed by atoms with Gasteiger partial charge in [0.1, 0.15) is 24.3 Å². The number of carboxylic acids is 1. The Morgan fingerprint density at radius 2 is 1.48 bits per heavy atom. The molecule has 4 amide bonds. The number of halogens is 2. The van der Waals surface area contributed by atoms with Crippen LogP contribution in [0.1, 0.15) is 95.9 Å². The summed E-state index contributed by atoms with van der Waals surface area (Å²) in [4.78, 5) is 75.2. The average molecular weight is 854 g/mol. The number of carbonyl (C=O) groups is 6. The predicted molar refractivity (Wildman–Crippen MR) is 225 cm³/mol. The quantitative estimate of drug-likeness (QED) is 0.0580. The van der Waals surface area contributed by atoms with Crippen LogP contribution in [0, 0.1) is 17.0 Å². The lowest BCUT2D eigenvalue weighted by atomic mass is 9.82. The Morgan fingerprint density at radius 3 is 2.13 bits per heavy atom. The minimum Gasteiger partial charge on any atom is -0.480 e. The van der Waals surface area contributed by atoms with Crippen molar-refractivity contribution >= 4 is 35.4 Å². The van der Waals surface area contributed by atoms with Crippen molar-refractivity contribution in [2.24, 2.45) is 16.9 Å². The molecule has 9 N–H and O–H groups in total. The third-order valence-electron chi connectivity index (χ3n) is 10.1. The van der Waals surface area contributed by atoms with E-state index in [1.807, 2.05) is 55.7 Å². The Balaban J connectivity index is 1.52. The fourth-order valence-electron chi connectivity index (χ4n) is 6.85. The molecule has 0 saturated carbocycles. The van der Waals surface area contributed by atoms with Crippen LogP contribution >= 0.6 is 0 Å². The molecule has 0 unspecified atom stereocenters. The second kappa shape index (κ2) is 24.7. The molecule has 1 heterocycles. The Labute approximate surface area is 355 Å². The number of benzene rings is 2. The normalized spacial score (nSPS) is 12.9. The molecule has 3 aromatic rings. The summed E-state index contributed by atoms with van der Waals surface area (Å²) in [7, 11) is 0. The van der Waals surface area contributed by atoms with Gasteiger partial charge in [-0.05, 0) is 73.8 Å². The number of aliphatic hydroxyl groups is 1. The molecule has 0 aliphatic heterocycles. The van der Waals surface area contributed by atoms with Crippen molar-refractivity contribution in [3.63, 3.8) is 0 Å². The fraction of sp³-hybridized carbons (Fsp3) is 0.500. The van der Waals surface area contributed by atoms with Crippen LogP contribution in [0.2, 0.25) is 0 Å². The standard InChI is InChI=1S/C44H61F2N7O8/c1-44(2,3)41(37-23-30(33-24-31(45)17-18-34(33)46)27-52(37)26-29-11-5-4-6-12-29)53(40(58)28-54)22-19-35(47)42(59)50-21-10-13-32(55)25-51-39(57)16-9-15-38(56)49-20-8-7-14-36(48)43(60)61/h4-6,11-12,17-18,23-24,27,35-36,41,54H,7-10,13-16,19-22,25-26,28,47-48H2,1-3H3,(H,49,56)(H,50,59)(H,51,57)(H,60,61)/t35-,36-,41-/m0/s1. The first-order valence-corrected chi connectivity index (χ1v) is 20.6. The number of carbonyl (C=O) groups excluding carboxylic acids is 5. The van der Waals surface area contributed by atoms with E-state index < -0.39 is 59.6 Å². The summed E-state index contributed by atoms with van der Waals surface area (Å²) in [5, 5.41) is 26.8. The van der Waals surface area contributed by atoms with Crippen LogP contribution in [0.3, 0.4) is 0 Å². The average Bonchev–Trinajstić information content (AvgIpc) is 3.62. The maximum atomic E-state index is 15.0. The molecule has 2 aromatic carbocycles. The highest BCUT2D eigenvalue weighted by Gasteiger charge is 2.37. The second-order valence-electron chi connectivity index (χ2n) is 16.2. The lowest BCUT2D eigenvalue weighted by molar-refractivity contribution is -0.140. The maximum absolute atomic E-state index is 15.0. The summed E-state index contributed by atoms with van der Waals surface area (Å²) >= 11 is 0. The number of aromatic nitrogens is 1.